The highest BCUT2D eigenvalue weighted by Gasteiger charge is 2.24. The SMILES string of the molecule is CC(C)C1CN(CCc2ccnn2C)C(C)CCN1. The lowest BCUT2D eigenvalue weighted by molar-refractivity contribution is 0.193. The molecular formula is C15H28N4. The van der Waals surface area contributed by atoms with E-state index in [9.17, 15) is 0 Å². The van der Waals surface area contributed by atoms with Crippen molar-refractivity contribution >= 4 is 0 Å². The Kier molecular flexibility index (Phi) is 4.99. The smallest absolute Gasteiger partial charge is 0.0492 e. The van der Waals surface area contributed by atoms with E-state index < -0.39 is 0 Å². The number of nitrogens with zero attached hydrogens (tertiary/aromatic N) is 3. The quantitative estimate of drug-likeness (QED) is 0.898. The van der Waals surface area contributed by atoms with Crippen LogP contribution in [-0.2, 0) is 13.5 Å². The molecule has 0 radical (unpaired) electrons. The summed E-state index contributed by atoms with van der Waals surface area (Å²) in [6.07, 6.45) is 4.22. The van der Waals surface area contributed by atoms with Crippen LogP contribution < -0.4 is 5.32 Å². The second-order valence-electron chi connectivity index (χ2n) is 6.13. The standard InChI is InChI=1S/C15H28N4/c1-12(2)15-11-19(13(3)5-8-16-15)10-7-14-6-9-17-18(14)4/h6,9,12-13,15-16H,5,7-8,10-11H2,1-4H3. The Balaban J connectivity index is 1.94. The normalized spacial score (nSPS) is 25.7. The average Bonchev–Trinajstić information content (AvgIpc) is 2.67. The first kappa shape index (κ1) is 14.5. The first-order valence-electron chi connectivity index (χ1n) is 7.52. The van der Waals surface area contributed by atoms with Crippen LogP contribution in [0.25, 0.3) is 0 Å². The maximum absolute atomic E-state index is 4.25. The Hall–Kier alpha value is -0.870. The number of hydrogen-bond donors (Lipinski definition) is 1. The van der Waals surface area contributed by atoms with Gasteiger partial charge in [-0.2, -0.15) is 5.10 Å². The van der Waals surface area contributed by atoms with Crippen LogP contribution in [0.15, 0.2) is 12.3 Å². The molecule has 1 aliphatic heterocycles. The summed E-state index contributed by atoms with van der Waals surface area (Å²) in [5.74, 6) is 0.699. The minimum Gasteiger partial charge on any atom is -0.312 e. The highest BCUT2D eigenvalue weighted by Crippen LogP contribution is 2.14. The van der Waals surface area contributed by atoms with E-state index in [-0.39, 0.29) is 0 Å². The number of aryl methyl sites for hydroxylation is 1. The van der Waals surface area contributed by atoms with Crippen LogP contribution in [0, 0.1) is 5.92 Å². The van der Waals surface area contributed by atoms with Gasteiger partial charge in [0.05, 0.1) is 0 Å². The monoisotopic (exact) mass is 264 g/mol. The predicted octanol–water partition coefficient (Wildman–Crippen LogP) is 1.67. The Morgan fingerprint density at radius 1 is 1.47 bits per heavy atom. The summed E-state index contributed by atoms with van der Waals surface area (Å²) in [6.45, 7) is 10.4. The first-order valence-corrected chi connectivity index (χ1v) is 7.52. The van der Waals surface area contributed by atoms with Gasteiger partial charge in [-0.05, 0) is 31.9 Å². The fourth-order valence-electron chi connectivity index (χ4n) is 2.82. The lowest BCUT2D eigenvalue weighted by Gasteiger charge is -2.30. The lowest BCUT2D eigenvalue weighted by atomic mass is 10.0. The fraction of sp³-hybridized carbons (Fsp3) is 0.800. The van der Waals surface area contributed by atoms with E-state index in [1.807, 2.05) is 17.9 Å². The second-order valence-corrected chi connectivity index (χ2v) is 6.13. The third-order valence-corrected chi connectivity index (χ3v) is 4.41. The number of aromatic nitrogens is 2. The van der Waals surface area contributed by atoms with Gasteiger partial charge in [-0.1, -0.05) is 13.8 Å². The summed E-state index contributed by atoms with van der Waals surface area (Å²) in [5, 5.41) is 7.93. The summed E-state index contributed by atoms with van der Waals surface area (Å²) in [4.78, 5) is 2.64. The molecule has 2 rings (SSSR count). The van der Waals surface area contributed by atoms with Gasteiger partial charge in [0.2, 0.25) is 0 Å². The van der Waals surface area contributed by atoms with Crippen LogP contribution in [-0.4, -0.2) is 46.4 Å². The molecule has 1 saturated heterocycles. The topological polar surface area (TPSA) is 33.1 Å². The molecule has 2 unspecified atom stereocenters. The van der Waals surface area contributed by atoms with Crippen LogP contribution in [0.3, 0.4) is 0 Å². The Labute approximate surface area is 117 Å². The van der Waals surface area contributed by atoms with Crippen molar-refractivity contribution in [2.24, 2.45) is 13.0 Å². The van der Waals surface area contributed by atoms with Crippen molar-refractivity contribution in [3.8, 4) is 0 Å². The third kappa shape index (κ3) is 3.80. The van der Waals surface area contributed by atoms with Crippen LogP contribution in [0.2, 0.25) is 0 Å². The molecule has 4 heteroatoms. The summed E-state index contributed by atoms with van der Waals surface area (Å²) < 4.78 is 1.99. The van der Waals surface area contributed by atoms with Crippen molar-refractivity contribution in [1.82, 2.24) is 20.0 Å². The molecule has 108 valence electrons. The van der Waals surface area contributed by atoms with Gasteiger partial charge in [0.25, 0.3) is 0 Å². The largest absolute Gasteiger partial charge is 0.312 e. The van der Waals surface area contributed by atoms with Gasteiger partial charge >= 0.3 is 0 Å². The van der Waals surface area contributed by atoms with Gasteiger partial charge in [-0.25, -0.2) is 0 Å². The molecule has 0 saturated carbocycles. The van der Waals surface area contributed by atoms with Crippen molar-refractivity contribution in [2.45, 2.75) is 45.7 Å². The predicted molar refractivity (Wildman–Crippen MR) is 79.2 cm³/mol. The van der Waals surface area contributed by atoms with E-state index in [4.69, 9.17) is 0 Å². The van der Waals surface area contributed by atoms with Crippen LogP contribution in [0.1, 0.15) is 32.9 Å². The van der Waals surface area contributed by atoms with Gasteiger partial charge in [-0.3, -0.25) is 9.58 Å². The van der Waals surface area contributed by atoms with E-state index >= 15 is 0 Å². The highest BCUT2D eigenvalue weighted by molar-refractivity contribution is 5.00. The van der Waals surface area contributed by atoms with E-state index in [0.717, 1.165) is 26.1 Å². The molecular weight excluding hydrogens is 236 g/mol. The van der Waals surface area contributed by atoms with Gasteiger partial charge in [-0.15, -0.1) is 0 Å². The molecule has 1 aromatic rings. The first-order chi connectivity index (χ1) is 9.08. The van der Waals surface area contributed by atoms with Crippen LogP contribution >= 0.6 is 0 Å². The molecule has 4 nitrogen and oxygen atoms in total. The third-order valence-electron chi connectivity index (χ3n) is 4.41. The van der Waals surface area contributed by atoms with Crippen LogP contribution in [0.5, 0.6) is 0 Å². The molecule has 1 aromatic heterocycles. The molecule has 1 N–H and O–H groups in total. The van der Waals surface area contributed by atoms with Gasteiger partial charge in [0, 0.05) is 50.5 Å². The molecule has 0 amide bonds. The van der Waals surface area contributed by atoms with Crippen molar-refractivity contribution < 1.29 is 0 Å². The Morgan fingerprint density at radius 2 is 2.26 bits per heavy atom. The van der Waals surface area contributed by atoms with Crippen molar-refractivity contribution in [2.75, 3.05) is 19.6 Å². The molecule has 0 aromatic carbocycles. The zero-order valence-corrected chi connectivity index (χ0v) is 12.8. The molecule has 19 heavy (non-hydrogen) atoms. The highest BCUT2D eigenvalue weighted by atomic mass is 15.3. The van der Waals surface area contributed by atoms with E-state index in [0.29, 0.717) is 18.0 Å². The average molecular weight is 264 g/mol. The van der Waals surface area contributed by atoms with Crippen molar-refractivity contribution in [1.29, 1.82) is 0 Å². The zero-order chi connectivity index (χ0) is 13.8. The van der Waals surface area contributed by atoms with Gasteiger partial charge < -0.3 is 5.32 Å². The summed E-state index contributed by atoms with van der Waals surface area (Å²) in [5.41, 5.74) is 1.32. The second kappa shape index (κ2) is 6.53. The van der Waals surface area contributed by atoms with Crippen LogP contribution in [0.4, 0.5) is 0 Å². The summed E-state index contributed by atoms with van der Waals surface area (Å²) in [6, 6.07) is 3.42. The lowest BCUT2D eigenvalue weighted by Crippen LogP contribution is -2.43. The number of rotatable bonds is 4. The minimum absolute atomic E-state index is 0.622. The van der Waals surface area contributed by atoms with E-state index in [2.05, 4.69) is 42.2 Å². The summed E-state index contributed by atoms with van der Waals surface area (Å²) in [7, 11) is 2.03. The Morgan fingerprint density at radius 3 is 2.89 bits per heavy atom. The summed E-state index contributed by atoms with van der Waals surface area (Å²) >= 11 is 0. The van der Waals surface area contributed by atoms with Crippen molar-refractivity contribution in [3.05, 3.63) is 18.0 Å². The number of nitrogens with one attached hydrogen (secondary N) is 1. The molecule has 2 heterocycles. The molecule has 0 aliphatic carbocycles. The fourth-order valence-corrected chi connectivity index (χ4v) is 2.82. The van der Waals surface area contributed by atoms with Crippen molar-refractivity contribution in [3.63, 3.8) is 0 Å². The molecule has 0 spiro atoms. The molecule has 2 atom stereocenters. The minimum atomic E-state index is 0.622. The van der Waals surface area contributed by atoms with E-state index in [1.54, 1.807) is 0 Å². The Bertz CT molecular complexity index is 385. The molecule has 0 bridgehead atoms. The number of hydrogen-bond acceptors (Lipinski definition) is 3. The van der Waals surface area contributed by atoms with Gasteiger partial charge in [0.15, 0.2) is 0 Å². The zero-order valence-electron chi connectivity index (χ0n) is 12.8. The maximum atomic E-state index is 4.25. The van der Waals surface area contributed by atoms with E-state index in [1.165, 1.54) is 12.1 Å². The van der Waals surface area contributed by atoms with Gasteiger partial charge in [0.1, 0.15) is 0 Å². The maximum Gasteiger partial charge on any atom is 0.0492 e. The molecule has 1 fully saturated rings. The molecule has 1 aliphatic rings.